The van der Waals surface area contributed by atoms with Gasteiger partial charge in [0.1, 0.15) is 0 Å². The van der Waals surface area contributed by atoms with Gasteiger partial charge in [0, 0.05) is 27.3 Å². The van der Waals surface area contributed by atoms with Crippen LogP contribution in [0, 0.1) is 0 Å². The highest BCUT2D eigenvalue weighted by Gasteiger charge is 2.21. The number of nitrogens with one attached hydrogen (secondary N) is 1. The first-order valence-electron chi connectivity index (χ1n) is 8.71. The number of benzene rings is 1. The zero-order chi connectivity index (χ0) is 18.9. The molecule has 7 heteroatoms. The van der Waals surface area contributed by atoms with Crippen molar-refractivity contribution in [2.45, 2.75) is 19.8 Å². The minimum atomic E-state index is -0.212. The summed E-state index contributed by atoms with van der Waals surface area (Å²) < 4.78 is 6.71. The highest BCUT2D eigenvalue weighted by molar-refractivity contribution is 5.97. The maximum Gasteiger partial charge on any atom is 0.257 e. The Kier molecular flexibility index (Phi) is 7.35. The summed E-state index contributed by atoms with van der Waals surface area (Å²) in [5.74, 6) is -0.401. The normalized spacial score (nSPS) is 10.6. The van der Waals surface area contributed by atoms with Gasteiger partial charge in [0.15, 0.2) is 0 Å². The van der Waals surface area contributed by atoms with Crippen LogP contribution in [-0.4, -0.2) is 60.3 Å². The molecule has 0 saturated carbocycles. The lowest BCUT2D eigenvalue weighted by molar-refractivity contribution is -0.121. The summed E-state index contributed by atoms with van der Waals surface area (Å²) >= 11 is 0. The Morgan fingerprint density at radius 3 is 2.65 bits per heavy atom. The number of hydrogen-bond donors (Lipinski definition) is 1. The molecule has 1 aromatic carbocycles. The van der Waals surface area contributed by atoms with Crippen LogP contribution >= 0.6 is 0 Å². The van der Waals surface area contributed by atoms with Crippen LogP contribution in [0.3, 0.4) is 0 Å². The van der Waals surface area contributed by atoms with Crippen LogP contribution in [0.4, 0.5) is 0 Å². The molecule has 0 atom stereocenters. The smallest absolute Gasteiger partial charge is 0.257 e. The molecule has 2 rings (SSSR count). The fraction of sp³-hybridized carbons (Fsp3) is 0.421. The molecule has 26 heavy (non-hydrogen) atoms. The molecule has 7 nitrogen and oxygen atoms in total. The van der Waals surface area contributed by atoms with Gasteiger partial charge in [-0.05, 0) is 25.0 Å². The van der Waals surface area contributed by atoms with E-state index in [1.54, 1.807) is 25.0 Å². The zero-order valence-electron chi connectivity index (χ0n) is 15.6. The second-order valence-corrected chi connectivity index (χ2v) is 5.96. The average Bonchev–Trinajstić information content (AvgIpc) is 3.09. The molecule has 1 heterocycles. The Balaban J connectivity index is 2.05. The summed E-state index contributed by atoms with van der Waals surface area (Å²) in [6.45, 7) is 3.11. The second-order valence-electron chi connectivity index (χ2n) is 5.96. The number of aromatic nitrogens is 2. The predicted octanol–water partition coefficient (Wildman–Crippen LogP) is 1.66. The van der Waals surface area contributed by atoms with Gasteiger partial charge in [0.25, 0.3) is 5.91 Å². The third kappa shape index (κ3) is 4.92. The van der Waals surface area contributed by atoms with E-state index in [0.717, 1.165) is 17.8 Å². The van der Waals surface area contributed by atoms with Gasteiger partial charge in [-0.1, -0.05) is 25.1 Å². The van der Waals surface area contributed by atoms with Crippen LogP contribution in [0.1, 0.15) is 29.4 Å². The SMILES string of the molecule is CCc1c(C(=O)N(C)CC(=O)NCCCOC)cnn1-c1ccccc1. The van der Waals surface area contributed by atoms with Gasteiger partial charge in [-0.3, -0.25) is 9.59 Å². The molecule has 0 saturated heterocycles. The molecule has 2 amide bonds. The Bertz CT molecular complexity index is 728. The Labute approximate surface area is 153 Å². The van der Waals surface area contributed by atoms with Crippen LogP contribution in [0.5, 0.6) is 0 Å². The molecule has 0 unspecified atom stereocenters. The second kappa shape index (κ2) is 9.72. The number of likely N-dealkylation sites (N-methyl/N-ethyl adjacent to an activating group) is 1. The lowest BCUT2D eigenvalue weighted by Gasteiger charge is -2.17. The molecule has 2 aromatic rings. The number of nitrogens with zero attached hydrogens (tertiary/aromatic N) is 3. The Hall–Kier alpha value is -2.67. The van der Waals surface area contributed by atoms with E-state index in [-0.39, 0.29) is 18.4 Å². The molecule has 0 spiro atoms. The van der Waals surface area contributed by atoms with Crippen LogP contribution in [0.25, 0.3) is 5.69 Å². The Morgan fingerprint density at radius 1 is 1.27 bits per heavy atom. The topological polar surface area (TPSA) is 76.5 Å². The molecule has 0 bridgehead atoms. The average molecular weight is 358 g/mol. The zero-order valence-corrected chi connectivity index (χ0v) is 15.6. The Morgan fingerprint density at radius 2 is 2.00 bits per heavy atom. The van der Waals surface area contributed by atoms with Gasteiger partial charge >= 0.3 is 0 Å². The van der Waals surface area contributed by atoms with Crippen LogP contribution < -0.4 is 5.32 Å². The maximum absolute atomic E-state index is 12.8. The predicted molar refractivity (Wildman–Crippen MR) is 99.4 cm³/mol. The third-order valence-corrected chi connectivity index (χ3v) is 4.01. The van der Waals surface area contributed by atoms with Gasteiger partial charge < -0.3 is 15.0 Å². The number of hydrogen-bond acceptors (Lipinski definition) is 4. The van der Waals surface area contributed by atoms with E-state index in [0.29, 0.717) is 25.1 Å². The van der Waals surface area contributed by atoms with E-state index in [1.165, 1.54) is 4.90 Å². The highest BCUT2D eigenvalue weighted by atomic mass is 16.5. The number of methoxy groups -OCH3 is 1. The molecule has 0 aliphatic rings. The monoisotopic (exact) mass is 358 g/mol. The molecular weight excluding hydrogens is 332 g/mol. The van der Waals surface area contributed by atoms with E-state index >= 15 is 0 Å². The lowest BCUT2D eigenvalue weighted by atomic mass is 10.1. The standard InChI is InChI=1S/C19H26N4O3/c1-4-17-16(13-21-23(17)15-9-6-5-7-10-15)19(25)22(2)14-18(24)20-11-8-12-26-3/h5-7,9-10,13H,4,8,11-12,14H2,1-3H3,(H,20,24). The molecule has 0 fully saturated rings. The molecule has 0 radical (unpaired) electrons. The fourth-order valence-electron chi connectivity index (χ4n) is 2.68. The summed E-state index contributed by atoms with van der Waals surface area (Å²) in [6.07, 6.45) is 2.97. The lowest BCUT2D eigenvalue weighted by Crippen LogP contribution is -2.39. The van der Waals surface area contributed by atoms with Crippen molar-refractivity contribution in [3.05, 3.63) is 47.8 Å². The summed E-state index contributed by atoms with van der Waals surface area (Å²) in [5, 5.41) is 7.15. The summed E-state index contributed by atoms with van der Waals surface area (Å²) in [5.41, 5.74) is 2.25. The van der Waals surface area contributed by atoms with Crippen molar-refractivity contribution in [1.82, 2.24) is 20.0 Å². The summed E-state index contributed by atoms with van der Waals surface area (Å²) in [7, 11) is 3.24. The first-order chi connectivity index (χ1) is 12.6. The number of carbonyl (C=O) groups is 2. The quantitative estimate of drug-likeness (QED) is 0.692. The van der Waals surface area contributed by atoms with Gasteiger partial charge in [-0.15, -0.1) is 0 Å². The molecule has 1 N–H and O–H groups in total. The van der Waals surface area contributed by atoms with E-state index in [1.807, 2.05) is 37.3 Å². The van der Waals surface area contributed by atoms with Crippen molar-refractivity contribution in [3.63, 3.8) is 0 Å². The van der Waals surface area contributed by atoms with Crippen molar-refractivity contribution in [2.24, 2.45) is 0 Å². The number of ether oxygens (including phenoxy) is 1. The third-order valence-electron chi connectivity index (χ3n) is 4.01. The van der Waals surface area contributed by atoms with E-state index in [9.17, 15) is 9.59 Å². The number of rotatable bonds is 9. The summed E-state index contributed by atoms with van der Waals surface area (Å²) in [4.78, 5) is 26.1. The van der Waals surface area contributed by atoms with Crippen molar-refractivity contribution >= 4 is 11.8 Å². The molecule has 140 valence electrons. The van der Waals surface area contributed by atoms with Crippen molar-refractivity contribution < 1.29 is 14.3 Å². The van der Waals surface area contributed by atoms with E-state index < -0.39 is 0 Å². The van der Waals surface area contributed by atoms with Crippen molar-refractivity contribution in [1.29, 1.82) is 0 Å². The first kappa shape index (κ1) is 19.7. The first-order valence-corrected chi connectivity index (χ1v) is 8.71. The fourth-order valence-corrected chi connectivity index (χ4v) is 2.68. The minimum Gasteiger partial charge on any atom is -0.385 e. The van der Waals surface area contributed by atoms with Crippen LogP contribution in [0.2, 0.25) is 0 Å². The number of para-hydroxylation sites is 1. The van der Waals surface area contributed by atoms with E-state index in [2.05, 4.69) is 10.4 Å². The van der Waals surface area contributed by atoms with Crippen molar-refractivity contribution in [2.75, 3.05) is 33.9 Å². The molecule has 0 aliphatic carbocycles. The van der Waals surface area contributed by atoms with Crippen LogP contribution in [0.15, 0.2) is 36.5 Å². The largest absolute Gasteiger partial charge is 0.385 e. The van der Waals surface area contributed by atoms with E-state index in [4.69, 9.17) is 4.74 Å². The van der Waals surface area contributed by atoms with Gasteiger partial charge in [0.05, 0.1) is 29.7 Å². The highest BCUT2D eigenvalue weighted by Crippen LogP contribution is 2.17. The van der Waals surface area contributed by atoms with Crippen LogP contribution in [-0.2, 0) is 16.0 Å². The molecule has 1 aromatic heterocycles. The molecule has 0 aliphatic heterocycles. The number of carbonyl (C=O) groups excluding carboxylic acids is 2. The van der Waals surface area contributed by atoms with Gasteiger partial charge in [0.2, 0.25) is 5.91 Å². The van der Waals surface area contributed by atoms with Gasteiger partial charge in [-0.2, -0.15) is 5.10 Å². The van der Waals surface area contributed by atoms with Gasteiger partial charge in [-0.25, -0.2) is 4.68 Å². The minimum absolute atomic E-state index is 0.00544. The maximum atomic E-state index is 12.8. The number of amides is 2. The summed E-state index contributed by atoms with van der Waals surface area (Å²) in [6, 6.07) is 9.68. The van der Waals surface area contributed by atoms with Crippen molar-refractivity contribution in [3.8, 4) is 5.69 Å². The molecular formula is C19H26N4O3.